The number of aryl methyl sites for hydroxylation is 2. The molecule has 3 fully saturated rings. The number of nitrogens with one attached hydrogen (secondary N) is 2. The molecule has 0 amide bonds. The summed E-state index contributed by atoms with van der Waals surface area (Å²) in [5, 5.41) is 25.1. The van der Waals surface area contributed by atoms with E-state index in [1.165, 1.54) is 64.2 Å². The lowest BCUT2D eigenvalue weighted by molar-refractivity contribution is 0.0398. The Hall–Kier alpha value is -3.38. The van der Waals surface area contributed by atoms with E-state index in [-0.39, 0.29) is 0 Å². The van der Waals surface area contributed by atoms with Crippen LogP contribution in [0, 0.1) is 0 Å². The molecule has 57 heavy (non-hydrogen) atoms. The third kappa shape index (κ3) is 8.54. The summed E-state index contributed by atoms with van der Waals surface area (Å²) in [6.45, 7) is 8.39. The highest BCUT2D eigenvalue weighted by molar-refractivity contribution is 9.11. The zero-order valence-corrected chi connectivity index (χ0v) is 37.8. The largest absolute Gasteiger partial charge is 0.379 e. The Labute approximate surface area is 358 Å². The van der Waals surface area contributed by atoms with Gasteiger partial charge in [0.15, 0.2) is 11.3 Å². The molecular weight excluding hydrogens is 918 g/mol. The Bertz CT molecular complexity index is 2290. The molecule has 304 valence electrons. The van der Waals surface area contributed by atoms with Gasteiger partial charge in [-0.05, 0) is 80.4 Å². The van der Waals surface area contributed by atoms with Gasteiger partial charge in [0.2, 0.25) is 0 Å². The molecule has 7 heterocycles. The third-order valence-electron chi connectivity index (χ3n) is 11.6. The summed E-state index contributed by atoms with van der Waals surface area (Å²) in [6.07, 6.45) is 22.1. The minimum absolute atomic E-state index is 0.490. The van der Waals surface area contributed by atoms with Crippen molar-refractivity contribution in [1.82, 2.24) is 53.7 Å². The fraction of sp³-hybridized carbons (Fsp3) is 0.550. The van der Waals surface area contributed by atoms with Crippen LogP contribution in [0.4, 0.5) is 11.6 Å². The first-order valence-electron chi connectivity index (χ1n) is 20.4. The van der Waals surface area contributed by atoms with Gasteiger partial charge in [-0.15, -0.1) is 0 Å². The number of anilines is 2. The van der Waals surface area contributed by atoms with Crippen LogP contribution < -0.4 is 10.6 Å². The molecule has 1 saturated heterocycles. The van der Waals surface area contributed by atoms with E-state index >= 15 is 0 Å². The fourth-order valence-electron chi connectivity index (χ4n) is 8.46. The van der Waals surface area contributed by atoms with Crippen LogP contribution in [0.1, 0.15) is 94.4 Å². The second kappa shape index (κ2) is 18.3. The number of morpholine rings is 1. The maximum absolute atomic E-state index is 5.47. The van der Waals surface area contributed by atoms with Crippen LogP contribution in [0.15, 0.2) is 44.5 Å². The molecule has 2 N–H and O–H groups in total. The summed E-state index contributed by atoms with van der Waals surface area (Å²) in [5.74, 6) is 2.96. The number of hydrogen-bond acceptors (Lipinski definition) is 10. The van der Waals surface area contributed by atoms with Crippen molar-refractivity contribution in [2.24, 2.45) is 14.1 Å². The molecule has 9 rings (SSSR count). The van der Waals surface area contributed by atoms with Crippen molar-refractivity contribution in [3.05, 3.63) is 55.9 Å². The predicted molar refractivity (Wildman–Crippen MR) is 235 cm³/mol. The normalized spacial score (nSPS) is 17.3. The highest BCUT2D eigenvalue weighted by Gasteiger charge is 2.27. The van der Waals surface area contributed by atoms with E-state index in [1.54, 1.807) is 0 Å². The first-order valence-corrected chi connectivity index (χ1v) is 22.8. The van der Waals surface area contributed by atoms with Crippen molar-refractivity contribution in [1.29, 1.82) is 0 Å². The SMILES string of the molecule is CCNc1c(Br)c(C2CCCCC2)nc2c(-c3cnn(C)c3Br)cnn12.Cn1cc(-c2cnn3c(NCCN4CCOCC4)c(Br)c(C4CCCCC4)nc23)cn1. The quantitative estimate of drug-likeness (QED) is 0.137. The molecule has 6 aromatic heterocycles. The monoisotopic (exact) mass is 967 g/mol. The smallest absolute Gasteiger partial charge is 0.165 e. The highest BCUT2D eigenvalue weighted by atomic mass is 79.9. The van der Waals surface area contributed by atoms with Gasteiger partial charge in [-0.2, -0.15) is 29.4 Å². The van der Waals surface area contributed by atoms with E-state index in [2.05, 4.69) is 85.5 Å². The zero-order valence-electron chi connectivity index (χ0n) is 33.0. The Kier molecular flexibility index (Phi) is 12.9. The number of hydrogen-bond donors (Lipinski definition) is 2. The van der Waals surface area contributed by atoms with Crippen LogP contribution in [-0.2, 0) is 18.8 Å². The summed E-state index contributed by atoms with van der Waals surface area (Å²) < 4.78 is 16.0. The summed E-state index contributed by atoms with van der Waals surface area (Å²) in [4.78, 5) is 12.7. The van der Waals surface area contributed by atoms with E-state index < -0.39 is 0 Å². The topological polar surface area (TPSA) is 133 Å². The Balaban J connectivity index is 0.000000162. The molecule has 14 nitrogen and oxygen atoms in total. The van der Waals surface area contributed by atoms with Crippen LogP contribution in [0.3, 0.4) is 0 Å². The molecule has 0 spiro atoms. The van der Waals surface area contributed by atoms with Crippen LogP contribution in [0.5, 0.6) is 0 Å². The molecular formula is C40H52Br3N13O. The number of nitrogens with zero attached hydrogens (tertiary/aromatic N) is 11. The van der Waals surface area contributed by atoms with E-state index in [1.807, 2.05) is 63.5 Å². The minimum Gasteiger partial charge on any atom is -0.379 e. The lowest BCUT2D eigenvalue weighted by Gasteiger charge is -2.27. The van der Waals surface area contributed by atoms with Gasteiger partial charge < -0.3 is 15.4 Å². The van der Waals surface area contributed by atoms with Crippen LogP contribution >= 0.6 is 47.8 Å². The molecule has 0 bridgehead atoms. The Morgan fingerprint density at radius 3 is 1.79 bits per heavy atom. The minimum atomic E-state index is 0.490. The lowest BCUT2D eigenvalue weighted by atomic mass is 9.87. The van der Waals surface area contributed by atoms with Crippen molar-refractivity contribution < 1.29 is 4.74 Å². The van der Waals surface area contributed by atoms with Crippen LogP contribution in [-0.4, -0.2) is 99.6 Å². The molecule has 0 aromatic carbocycles. The lowest BCUT2D eigenvalue weighted by Crippen LogP contribution is -2.39. The standard InChI is InChI=1S/C22H30BrN7O.C18H22Br2N6/c1-28-15-17(13-25-28)18-14-26-30-21(18)27-20(16-5-3-2-4-6-16)19(23)22(30)24-7-8-29-9-11-31-12-10-29;1-3-21-18-14(19)15(11-7-5-4-6-8-11)24-17-13(10-23-26(17)18)12-9-22-25(2)16(12)20/h13-16,24H,2-12H2,1H3;9-11,21H,3-8H2,1-2H3. The first kappa shape index (κ1) is 40.4. The molecule has 6 aromatic rings. The molecule has 0 unspecified atom stereocenters. The number of halogens is 3. The van der Waals surface area contributed by atoms with Gasteiger partial charge in [-0.1, -0.05) is 38.5 Å². The highest BCUT2D eigenvalue weighted by Crippen LogP contribution is 2.42. The van der Waals surface area contributed by atoms with Crippen molar-refractivity contribution in [2.75, 3.05) is 56.6 Å². The van der Waals surface area contributed by atoms with Crippen LogP contribution in [0.25, 0.3) is 33.5 Å². The average Bonchev–Trinajstić information content (AvgIpc) is 4.04. The maximum Gasteiger partial charge on any atom is 0.165 e. The van der Waals surface area contributed by atoms with Gasteiger partial charge in [0.1, 0.15) is 16.2 Å². The van der Waals surface area contributed by atoms with Crippen molar-refractivity contribution >= 4 is 70.7 Å². The molecule has 0 atom stereocenters. The first-order chi connectivity index (χ1) is 27.8. The van der Waals surface area contributed by atoms with Gasteiger partial charge in [0.25, 0.3) is 0 Å². The molecule has 0 radical (unpaired) electrons. The third-order valence-corrected chi connectivity index (χ3v) is 14.1. The van der Waals surface area contributed by atoms with E-state index in [0.717, 1.165) is 116 Å². The maximum atomic E-state index is 5.47. The van der Waals surface area contributed by atoms with Crippen molar-refractivity contribution in [3.8, 4) is 22.3 Å². The van der Waals surface area contributed by atoms with E-state index in [4.69, 9.17) is 19.8 Å². The summed E-state index contributed by atoms with van der Waals surface area (Å²) in [5.41, 5.74) is 8.14. The Morgan fingerprint density at radius 1 is 0.684 bits per heavy atom. The second-order valence-electron chi connectivity index (χ2n) is 15.4. The second-order valence-corrected chi connectivity index (χ2v) is 17.7. The summed E-state index contributed by atoms with van der Waals surface area (Å²) in [7, 11) is 3.85. The molecule has 2 aliphatic carbocycles. The number of fused-ring (bicyclic) bond motifs is 2. The van der Waals surface area contributed by atoms with Gasteiger partial charge in [0, 0.05) is 81.5 Å². The van der Waals surface area contributed by atoms with Crippen LogP contribution in [0.2, 0.25) is 0 Å². The van der Waals surface area contributed by atoms with Gasteiger partial charge in [-0.3, -0.25) is 14.3 Å². The summed E-state index contributed by atoms with van der Waals surface area (Å²) >= 11 is 11.3. The molecule has 2 saturated carbocycles. The van der Waals surface area contributed by atoms with Gasteiger partial charge in [-0.25, -0.2) is 9.97 Å². The van der Waals surface area contributed by atoms with Crippen molar-refractivity contribution in [2.45, 2.75) is 83.0 Å². The average molecular weight is 971 g/mol. The number of ether oxygens (including phenoxy) is 1. The zero-order chi connectivity index (χ0) is 39.5. The summed E-state index contributed by atoms with van der Waals surface area (Å²) in [6, 6.07) is 0. The predicted octanol–water partition coefficient (Wildman–Crippen LogP) is 8.82. The van der Waals surface area contributed by atoms with Gasteiger partial charge >= 0.3 is 0 Å². The van der Waals surface area contributed by atoms with E-state index in [0.29, 0.717) is 11.8 Å². The molecule has 17 heteroatoms. The van der Waals surface area contributed by atoms with E-state index in [9.17, 15) is 0 Å². The molecule has 3 aliphatic rings. The fourth-order valence-corrected chi connectivity index (χ4v) is 10.3. The Morgan fingerprint density at radius 2 is 1.25 bits per heavy atom. The molecule has 1 aliphatic heterocycles. The number of aromatic nitrogens is 10. The van der Waals surface area contributed by atoms with Crippen molar-refractivity contribution in [3.63, 3.8) is 0 Å². The number of rotatable bonds is 10. The van der Waals surface area contributed by atoms with Gasteiger partial charge in [0.05, 0.1) is 63.9 Å².